The van der Waals surface area contributed by atoms with Gasteiger partial charge in [0.25, 0.3) is 0 Å². The molecule has 0 bridgehead atoms. The van der Waals surface area contributed by atoms with Gasteiger partial charge in [0.05, 0.1) is 5.56 Å². The summed E-state index contributed by atoms with van der Waals surface area (Å²) in [5.41, 5.74) is 5.44. The smallest absolute Gasteiger partial charge is 0.361 e. The molecule has 0 aliphatic rings. The highest BCUT2D eigenvalue weighted by atomic mass is 35.5. The zero-order chi connectivity index (χ0) is 23.7. The number of benzene rings is 3. The lowest BCUT2D eigenvalue weighted by atomic mass is 10.0. The van der Waals surface area contributed by atoms with Crippen LogP contribution in [0.3, 0.4) is 0 Å². The van der Waals surface area contributed by atoms with Crippen LogP contribution >= 0.6 is 11.6 Å². The Morgan fingerprint density at radius 3 is 2.29 bits per heavy atom. The summed E-state index contributed by atoms with van der Waals surface area (Å²) < 4.78 is 40.3. The van der Waals surface area contributed by atoms with Crippen LogP contribution < -0.4 is 0 Å². The summed E-state index contributed by atoms with van der Waals surface area (Å²) in [5.74, 6) is 0. The van der Waals surface area contributed by atoms with Gasteiger partial charge in [-0.2, -0.15) is 13.2 Å². The molecule has 6 heteroatoms. The average molecular weight is 477 g/mol. The minimum absolute atomic E-state index is 0.647. The molecule has 2 aromatic heterocycles. The number of aromatic nitrogens is 2. The van der Waals surface area contributed by atoms with E-state index in [1.807, 2.05) is 42.6 Å². The third kappa shape index (κ3) is 4.80. The Morgan fingerprint density at radius 2 is 1.56 bits per heavy atom. The fraction of sp³-hybridized carbons (Fsp3) is 0.0714. The van der Waals surface area contributed by atoms with Crippen molar-refractivity contribution in [2.24, 2.45) is 0 Å². The third-order valence-corrected chi connectivity index (χ3v) is 6.01. The number of halogens is 4. The molecule has 0 fully saturated rings. The topological polar surface area (TPSA) is 20.7 Å². The number of alkyl halides is 3. The van der Waals surface area contributed by atoms with Crippen molar-refractivity contribution in [1.82, 2.24) is 9.55 Å². The molecule has 170 valence electrons. The minimum atomic E-state index is -4.32. The van der Waals surface area contributed by atoms with E-state index in [2.05, 4.69) is 40.0 Å². The molecular weight excluding hydrogens is 457 g/mol. The molecule has 0 saturated carbocycles. The molecule has 1 N–H and O–H groups in total. The maximum Gasteiger partial charge on any atom is 0.416 e. The molecule has 0 spiro atoms. The lowest BCUT2D eigenvalue weighted by Crippen LogP contribution is -2.03. The first kappa shape index (κ1) is 22.1. The number of H-pyrrole nitrogens is 1. The first-order chi connectivity index (χ1) is 16.3. The molecule has 0 unspecified atom stereocenters. The van der Waals surface area contributed by atoms with Crippen molar-refractivity contribution >= 4 is 34.7 Å². The van der Waals surface area contributed by atoms with Crippen LogP contribution in [-0.4, -0.2) is 9.55 Å². The summed E-state index contributed by atoms with van der Waals surface area (Å²) in [6, 6.07) is 23.5. The van der Waals surface area contributed by atoms with E-state index in [9.17, 15) is 13.2 Å². The van der Waals surface area contributed by atoms with Gasteiger partial charge in [0.2, 0.25) is 0 Å². The van der Waals surface area contributed by atoms with Crippen molar-refractivity contribution in [3.05, 3.63) is 119 Å². The van der Waals surface area contributed by atoms with Gasteiger partial charge in [0, 0.05) is 40.6 Å². The quantitative estimate of drug-likeness (QED) is 0.262. The fourth-order valence-electron chi connectivity index (χ4n) is 3.97. The Labute approximate surface area is 199 Å². The number of aromatic amines is 1. The molecule has 5 rings (SSSR count). The van der Waals surface area contributed by atoms with Crippen LogP contribution in [-0.2, 0) is 12.7 Å². The molecule has 5 aromatic rings. The summed E-state index contributed by atoms with van der Waals surface area (Å²) in [5, 5.41) is 1.88. The molecule has 0 amide bonds. The predicted molar refractivity (Wildman–Crippen MR) is 133 cm³/mol. The van der Waals surface area contributed by atoms with E-state index in [0.29, 0.717) is 12.1 Å². The van der Waals surface area contributed by atoms with Crippen molar-refractivity contribution in [1.29, 1.82) is 0 Å². The third-order valence-electron chi connectivity index (χ3n) is 5.76. The fourth-order valence-corrected chi connectivity index (χ4v) is 4.10. The molecule has 3 aromatic carbocycles. The maximum absolute atomic E-state index is 12.7. The Kier molecular flexibility index (Phi) is 5.80. The van der Waals surface area contributed by atoms with Crippen LogP contribution in [0.4, 0.5) is 13.2 Å². The van der Waals surface area contributed by atoms with E-state index >= 15 is 0 Å². The van der Waals surface area contributed by atoms with E-state index in [-0.39, 0.29) is 0 Å². The summed E-state index contributed by atoms with van der Waals surface area (Å²) in [4.78, 5) is 3.22. The number of nitrogens with zero attached hydrogens (tertiary/aromatic N) is 1. The van der Waals surface area contributed by atoms with Gasteiger partial charge in [0.15, 0.2) is 0 Å². The van der Waals surface area contributed by atoms with Crippen molar-refractivity contribution in [2.75, 3.05) is 0 Å². The summed E-state index contributed by atoms with van der Waals surface area (Å²) >= 11 is 6.00. The molecule has 0 atom stereocenters. The van der Waals surface area contributed by atoms with Gasteiger partial charge in [-0.1, -0.05) is 48.0 Å². The molecule has 0 aliphatic heterocycles. The largest absolute Gasteiger partial charge is 0.416 e. The maximum atomic E-state index is 12.7. The molecule has 34 heavy (non-hydrogen) atoms. The second-order valence-electron chi connectivity index (χ2n) is 8.14. The summed E-state index contributed by atoms with van der Waals surface area (Å²) in [6.07, 6.45) is 3.34. The summed E-state index contributed by atoms with van der Waals surface area (Å²) in [6.45, 7) is 0.703. The standard InChI is InChI=1S/C28H20ClF3N2/c29-25-9-4-21(5-10-25)22-6-12-27-23(16-22)13-14-34(27)18-20-15-26(33-17-20)11-3-19-1-7-24(8-2-19)28(30,31)32/h1-17,33H,18H2/b11-3+. The zero-order valence-electron chi connectivity index (χ0n) is 18.0. The van der Waals surface area contributed by atoms with Crippen LogP contribution in [0, 0.1) is 0 Å². The van der Waals surface area contributed by atoms with Gasteiger partial charge in [-0.15, -0.1) is 0 Å². The highest BCUT2D eigenvalue weighted by Crippen LogP contribution is 2.29. The average Bonchev–Trinajstić information content (AvgIpc) is 3.45. The first-order valence-electron chi connectivity index (χ1n) is 10.7. The van der Waals surface area contributed by atoms with Crippen molar-refractivity contribution in [3.63, 3.8) is 0 Å². The Morgan fingerprint density at radius 1 is 0.824 bits per heavy atom. The van der Waals surface area contributed by atoms with E-state index < -0.39 is 11.7 Å². The van der Waals surface area contributed by atoms with Crippen LogP contribution in [0.1, 0.15) is 22.4 Å². The Balaban J connectivity index is 1.30. The predicted octanol–water partition coefficient (Wildman–Crippen LogP) is 8.53. The Bertz CT molecular complexity index is 1460. The number of fused-ring (bicyclic) bond motifs is 1. The van der Waals surface area contributed by atoms with Gasteiger partial charge < -0.3 is 9.55 Å². The molecule has 2 nitrogen and oxygen atoms in total. The number of nitrogens with one attached hydrogen (secondary N) is 1. The van der Waals surface area contributed by atoms with E-state index in [4.69, 9.17) is 11.6 Å². The van der Waals surface area contributed by atoms with Gasteiger partial charge in [0.1, 0.15) is 0 Å². The van der Waals surface area contributed by atoms with Gasteiger partial charge in [-0.05, 0) is 76.9 Å². The van der Waals surface area contributed by atoms with Crippen molar-refractivity contribution in [3.8, 4) is 11.1 Å². The zero-order valence-corrected chi connectivity index (χ0v) is 18.7. The van der Waals surface area contributed by atoms with Gasteiger partial charge in [-0.25, -0.2) is 0 Å². The number of hydrogen-bond acceptors (Lipinski definition) is 0. The highest BCUT2D eigenvalue weighted by molar-refractivity contribution is 6.30. The monoisotopic (exact) mass is 476 g/mol. The summed E-state index contributed by atoms with van der Waals surface area (Å²) in [7, 11) is 0. The van der Waals surface area contributed by atoms with Crippen LogP contribution in [0.15, 0.2) is 91.3 Å². The molecule has 2 heterocycles. The highest BCUT2D eigenvalue weighted by Gasteiger charge is 2.29. The molecule has 0 radical (unpaired) electrons. The van der Waals surface area contributed by atoms with Crippen LogP contribution in [0.2, 0.25) is 5.02 Å². The van der Waals surface area contributed by atoms with Crippen LogP contribution in [0.25, 0.3) is 34.2 Å². The molecular formula is C28H20ClF3N2. The lowest BCUT2D eigenvalue weighted by Gasteiger charge is -2.06. The normalized spacial score (nSPS) is 12.1. The SMILES string of the molecule is FC(F)(F)c1ccc(/C=C/c2cc(Cn3ccc4cc(-c5ccc(Cl)cc5)ccc43)c[nH]2)cc1. The second kappa shape index (κ2) is 8.92. The molecule has 0 saturated heterocycles. The second-order valence-corrected chi connectivity index (χ2v) is 8.58. The number of hydrogen-bond donors (Lipinski definition) is 1. The van der Waals surface area contributed by atoms with Crippen LogP contribution in [0.5, 0.6) is 0 Å². The van der Waals surface area contributed by atoms with E-state index in [1.165, 1.54) is 12.1 Å². The number of rotatable bonds is 5. The van der Waals surface area contributed by atoms with Gasteiger partial charge in [-0.3, -0.25) is 0 Å². The first-order valence-corrected chi connectivity index (χ1v) is 11.1. The lowest BCUT2D eigenvalue weighted by molar-refractivity contribution is -0.137. The Hall–Kier alpha value is -3.70. The van der Waals surface area contributed by atoms with Crippen molar-refractivity contribution in [2.45, 2.75) is 12.7 Å². The van der Waals surface area contributed by atoms with E-state index in [0.717, 1.165) is 50.4 Å². The molecule has 0 aliphatic carbocycles. The van der Waals surface area contributed by atoms with Gasteiger partial charge >= 0.3 is 6.18 Å². The minimum Gasteiger partial charge on any atom is -0.361 e. The van der Waals surface area contributed by atoms with Crippen molar-refractivity contribution < 1.29 is 13.2 Å². The van der Waals surface area contributed by atoms with E-state index in [1.54, 1.807) is 6.08 Å².